The fourth-order valence-electron chi connectivity index (χ4n) is 2.18. The normalized spacial score (nSPS) is 12.6. The van der Waals surface area contributed by atoms with E-state index in [1.165, 1.54) is 10.5 Å². The maximum atomic E-state index is 4.24. The summed E-state index contributed by atoms with van der Waals surface area (Å²) in [4.78, 5) is 5.57. The standard InChI is InChI=1S/C16H23N3S/c1-4-17-13(2)15-5-7-16(8-6-15)20-12-11-19-10-9-18-14(19)3/h5-10,13,17H,4,11-12H2,1-3H3. The van der Waals surface area contributed by atoms with E-state index in [2.05, 4.69) is 53.0 Å². The molecule has 0 aliphatic carbocycles. The van der Waals surface area contributed by atoms with E-state index in [0.717, 1.165) is 24.7 Å². The second-order valence-electron chi connectivity index (χ2n) is 4.86. The second kappa shape index (κ2) is 7.50. The molecule has 1 aromatic carbocycles. The van der Waals surface area contributed by atoms with Crippen molar-refractivity contribution in [2.75, 3.05) is 12.3 Å². The summed E-state index contributed by atoms with van der Waals surface area (Å²) in [6.07, 6.45) is 3.90. The van der Waals surface area contributed by atoms with Gasteiger partial charge in [-0.3, -0.25) is 0 Å². The minimum atomic E-state index is 0.424. The molecule has 108 valence electrons. The van der Waals surface area contributed by atoms with Gasteiger partial charge in [0.25, 0.3) is 0 Å². The van der Waals surface area contributed by atoms with E-state index in [1.807, 2.05) is 31.1 Å². The van der Waals surface area contributed by atoms with E-state index in [1.54, 1.807) is 0 Å². The van der Waals surface area contributed by atoms with Crippen LogP contribution >= 0.6 is 11.8 Å². The summed E-state index contributed by atoms with van der Waals surface area (Å²) in [6, 6.07) is 9.30. The van der Waals surface area contributed by atoms with Crippen LogP contribution in [-0.4, -0.2) is 21.8 Å². The third-order valence-corrected chi connectivity index (χ3v) is 4.41. The number of aryl methyl sites for hydroxylation is 2. The van der Waals surface area contributed by atoms with Crippen LogP contribution in [0.25, 0.3) is 0 Å². The lowest BCUT2D eigenvalue weighted by Crippen LogP contribution is -2.17. The van der Waals surface area contributed by atoms with Crippen LogP contribution in [0, 0.1) is 6.92 Å². The molecular weight excluding hydrogens is 266 g/mol. The summed E-state index contributed by atoms with van der Waals surface area (Å²) < 4.78 is 2.19. The molecule has 4 heteroatoms. The van der Waals surface area contributed by atoms with Gasteiger partial charge in [-0.1, -0.05) is 19.1 Å². The van der Waals surface area contributed by atoms with Gasteiger partial charge >= 0.3 is 0 Å². The van der Waals surface area contributed by atoms with Crippen molar-refractivity contribution in [3.8, 4) is 0 Å². The Kier molecular flexibility index (Phi) is 5.68. The van der Waals surface area contributed by atoms with Crippen molar-refractivity contribution in [1.29, 1.82) is 0 Å². The van der Waals surface area contributed by atoms with Gasteiger partial charge in [-0.15, -0.1) is 11.8 Å². The molecule has 0 saturated carbocycles. The number of nitrogens with one attached hydrogen (secondary N) is 1. The molecule has 3 nitrogen and oxygen atoms in total. The number of benzene rings is 1. The van der Waals surface area contributed by atoms with Crippen LogP contribution in [0.2, 0.25) is 0 Å². The van der Waals surface area contributed by atoms with Crippen molar-refractivity contribution >= 4 is 11.8 Å². The highest BCUT2D eigenvalue weighted by Crippen LogP contribution is 2.21. The van der Waals surface area contributed by atoms with Crippen LogP contribution in [-0.2, 0) is 6.54 Å². The molecule has 0 aliphatic heterocycles. The largest absolute Gasteiger partial charge is 0.334 e. The maximum Gasteiger partial charge on any atom is 0.105 e. The number of rotatable bonds is 7. The lowest BCUT2D eigenvalue weighted by molar-refractivity contribution is 0.598. The minimum absolute atomic E-state index is 0.424. The second-order valence-corrected chi connectivity index (χ2v) is 6.03. The van der Waals surface area contributed by atoms with E-state index in [9.17, 15) is 0 Å². The molecule has 1 N–H and O–H groups in total. The summed E-state index contributed by atoms with van der Waals surface area (Å²) in [5, 5.41) is 3.43. The van der Waals surface area contributed by atoms with Crippen LogP contribution < -0.4 is 5.32 Å². The molecule has 0 bridgehead atoms. The first-order valence-corrected chi connectivity index (χ1v) is 8.13. The van der Waals surface area contributed by atoms with Crippen molar-refractivity contribution in [2.45, 2.75) is 38.3 Å². The smallest absolute Gasteiger partial charge is 0.105 e. The molecule has 0 fully saturated rings. The van der Waals surface area contributed by atoms with Crippen molar-refractivity contribution in [1.82, 2.24) is 14.9 Å². The number of hydrogen-bond donors (Lipinski definition) is 1. The average molecular weight is 289 g/mol. The Hall–Kier alpha value is -1.26. The molecule has 1 aromatic heterocycles. The third-order valence-electron chi connectivity index (χ3n) is 3.41. The molecule has 0 spiro atoms. The summed E-state index contributed by atoms with van der Waals surface area (Å²) in [5.74, 6) is 2.15. The van der Waals surface area contributed by atoms with E-state index in [0.29, 0.717) is 6.04 Å². The molecule has 0 saturated heterocycles. The van der Waals surface area contributed by atoms with Crippen LogP contribution in [0.1, 0.15) is 31.3 Å². The maximum absolute atomic E-state index is 4.24. The monoisotopic (exact) mass is 289 g/mol. The van der Waals surface area contributed by atoms with Gasteiger partial charge in [-0.05, 0) is 38.1 Å². The molecule has 20 heavy (non-hydrogen) atoms. The zero-order chi connectivity index (χ0) is 14.4. The highest BCUT2D eigenvalue weighted by atomic mass is 32.2. The van der Waals surface area contributed by atoms with Crippen LogP contribution in [0.5, 0.6) is 0 Å². The van der Waals surface area contributed by atoms with E-state index in [-0.39, 0.29) is 0 Å². The van der Waals surface area contributed by atoms with Gasteiger partial charge in [0.2, 0.25) is 0 Å². The molecule has 0 aliphatic rings. The van der Waals surface area contributed by atoms with E-state index < -0.39 is 0 Å². The summed E-state index contributed by atoms with van der Waals surface area (Å²) in [7, 11) is 0. The number of hydrogen-bond acceptors (Lipinski definition) is 3. The number of aromatic nitrogens is 2. The van der Waals surface area contributed by atoms with Gasteiger partial charge in [0.15, 0.2) is 0 Å². The van der Waals surface area contributed by atoms with Crippen molar-refractivity contribution in [3.63, 3.8) is 0 Å². The molecule has 0 amide bonds. The lowest BCUT2D eigenvalue weighted by atomic mass is 10.1. The minimum Gasteiger partial charge on any atom is -0.334 e. The first-order valence-electron chi connectivity index (χ1n) is 7.14. The molecule has 0 radical (unpaired) electrons. The fraction of sp³-hybridized carbons (Fsp3) is 0.438. The average Bonchev–Trinajstić information content (AvgIpc) is 2.85. The Morgan fingerprint density at radius 3 is 2.65 bits per heavy atom. The van der Waals surface area contributed by atoms with E-state index in [4.69, 9.17) is 0 Å². The first-order chi connectivity index (χ1) is 9.70. The van der Waals surface area contributed by atoms with Gasteiger partial charge < -0.3 is 9.88 Å². The number of imidazole rings is 1. The highest BCUT2D eigenvalue weighted by Gasteiger charge is 2.03. The molecular formula is C16H23N3S. The Morgan fingerprint density at radius 2 is 2.05 bits per heavy atom. The Morgan fingerprint density at radius 1 is 1.30 bits per heavy atom. The molecule has 1 atom stereocenters. The predicted molar refractivity (Wildman–Crippen MR) is 86.2 cm³/mol. The summed E-state index contributed by atoms with van der Waals surface area (Å²) in [5.41, 5.74) is 1.35. The van der Waals surface area contributed by atoms with Crippen LogP contribution in [0.3, 0.4) is 0 Å². The molecule has 2 aromatic rings. The van der Waals surface area contributed by atoms with Gasteiger partial charge in [-0.2, -0.15) is 0 Å². The van der Waals surface area contributed by atoms with E-state index >= 15 is 0 Å². The van der Waals surface area contributed by atoms with Crippen LogP contribution in [0.15, 0.2) is 41.6 Å². The third kappa shape index (κ3) is 4.12. The lowest BCUT2D eigenvalue weighted by Gasteiger charge is -2.13. The molecule has 1 unspecified atom stereocenters. The quantitative estimate of drug-likeness (QED) is 0.789. The van der Waals surface area contributed by atoms with Gasteiger partial charge in [-0.25, -0.2) is 4.98 Å². The summed E-state index contributed by atoms with van der Waals surface area (Å²) in [6.45, 7) is 8.39. The zero-order valence-electron chi connectivity index (χ0n) is 12.5. The van der Waals surface area contributed by atoms with Gasteiger partial charge in [0, 0.05) is 35.6 Å². The van der Waals surface area contributed by atoms with Crippen molar-refractivity contribution < 1.29 is 0 Å². The number of nitrogens with zero attached hydrogens (tertiary/aromatic N) is 2. The van der Waals surface area contributed by atoms with Crippen LogP contribution in [0.4, 0.5) is 0 Å². The van der Waals surface area contributed by atoms with Gasteiger partial charge in [0.1, 0.15) is 5.82 Å². The van der Waals surface area contributed by atoms with Crippen molar-refractivity contribution in [2.24, 2.45) is 0 Å². The predicted octanol–water partition coefficient (Wildman–Crippen LogP) is 3.65. The Labute approximate surface area is 125 Å². The SMILES string of the molecule is CCNC(C)c1ccc(SCCn2ccnc2C)cc1. The van der Waals surface area contributed by atoms with Crippen molar-refractivity contribution in [3.05, 3.63) is 48.0 Å². The Bertz CT molecular complexity index is 519. The first kappa shape index (κ1) is 15.1. The fourth-order valence-corrected chi connectivity index (χ4v) is 3.03. The topological polar surface area (TPSA) is 29.9 Å². The summed E-state index contributed by atoms with van der Waals surface area (Å²) >= 11 is 1.89. The highest BCUT2D eigenvalue weighted by molar-refractivity contribution is 7.99. The molecule has 2 rings (SSSR count). The zero-order valence-corrected chi connectivity index (χ0v) is 13.3. The molecule has 1 heterocycles. The Balaban J connectivity index is 1.83. The van der Waals surface area contributed by atoms with Gasteiger partial charge in [0.05, 0.1) is 0 Å². The number of thioether (sulfide) groups is 1.